The van der Waals surface area contributed by atoms with Gasteiger partial charge in [0.15, 0.2) is 0 Å². The summed E-state index contributed by atoms with van der Waals surface area (Å²) in [6, 6.07) is 4.63. The predicted octanol–water partition coefficient (Wildman–Crippen LogP) is 2.09. The quantitative estimate of drug-likeness (QED) is 0.814. The Hall–Kier alpha value is -1.57. The lowest BCUT2D eigenvalue weighted by molar-refractivity contribution is -0.175. The van der Waals surface area contributed by atoms with Gasteiger partial charge in [0.25, 0.3) is 5.91 Å². The van der Waals surface area contributed by atoms with Gasteiger partial charge in [-0.3, -0.25) is 9.59 Å². The number of carbonyl (C=O) groups is 2. The molecule has 8 heteroatoms. The van der Waals surface area contributed by atoms with Gasteiger partial charge < -0.3 is 10.6 Å². The lowest BCUT2D eigenvalue weighted by Crippen LogP contribution is -2.57. The largest absolute Gasteiger partial charge is 0.471 e. The molecule has 1 unspecified atom stereocenters. The SMILES string of the molecule is CC1(NC(=O)C(F)(F)F)CNC(=O)c2ccc(Br)cc21. The number of rotatable bonds is 1. The van der Waals surface area contributed by atoms with E-state index in [2.05, 4.69) is 21.2 Å². The van der Waals surface area contributed by atoms with Gasteiger partial charge in [-0.15, -0.1) is 0 Å². The standard InChI is InChI=1S/C12H10BrF3N2O2/c1-11(18-10(20)12(14,15)16)5-17-9(19)7-3-2-6(13)4-8(7)11/h2-4H,5H2,1H3,(H,17,19)(H,18,20). The fourth-order valence-electron chi connectivity index (χ4n) is 2.05. The fourth-order valence-corrected chi connectivity index (χ4v) is 2.41. The minimum Gasteiger partial charge on any atom is -0.349 e. The molecule has 0 bridgehead atoms. The first-order valence-electron chi connectivity index (χ1n) is 5.61. The van der Waals surface area contributed by atoms with E-state index in [4.69, 9.17) is 0 Å². The fraction of sp³-hybridized carbons (Fsp3) is 0.333. The third-order valence-corrected chi connectivity index (χ3v) is 3.56. The van der Waals surface area contributed by atoms with Crippen LogP contribution in [0.1, 0.15) is 22.8 Å². The molecule has 0 spiro atoms. The maximum atomic E-state index is 12.4. The second-order valence-electron chi connectivity index (χ2n) is 4.66. The lowest BCUT2D eigenvalue weighted by Gasteiger charge is -2.36. The van der Waals surface area contributed by atoms with Gasteiger partial charge in [-0.05, 0) is 30.7 Å². The van der Waals surface area contributed by atoms with Gasteiger partial charge in [0.05, 0.1) is 5.54 Å². The molecule has 0 aliphatic carbocycles. The molecule has 1 aromatic carbocycles. The summed E-state index contributed by atoms with van der Waals surface area (Å²) in [6.07, 6.45) is -4.98. The van der Waals surface area contributed by atoms with E-state index in [1.807, 2.05) is 5.32 Å². The van der Waals surface area contributed by atoms with E-state index in [0.717, 1.165) is 0 Å². The molecular weight excluding hydrogens is 341 g/mol. The monoisotopic (exact) mass is 350 g/mol. The Labute approximate surface area is 120 Å². The molecule has 2 rings (SSSR count). The van der Waals surface area contributed by atoms with Crippen LogP contribution in [0.4, 0.5) is 13.2 Å². The summed E-state index contributed by atoms with van der Waals surface area (Å²) < 4.78 is 37.8. The van der Waals surface area contributed by atoms with Crippen LogP contribution in [0.5, 0.6) is 0 Å². The van der Waals surface area contributed by atoms with Crippen LogP contribution in [0.15, 0.2) is 22.7 Å². The van der Waals surface area contributed by atoms with Gasteiger partial charge in [-0.1, -0.05) is 15.9 Å². The summed E-state index contributed by atoms with van der Waals surface area (Å²) >= 11 is 3.20. The van der Waals surface area contributed by atoms with E-state index >= 15 is 0 Å². The number of fused-ring (bicyclic) bond motifs is 1. The zero-order chi connectivity index (χ0) is 15.1. The number of amides is 2. The second kappa shape index (κ2) is 4.76. The summed E-state index contributed by atoms with van der Waals surface area (Å²) in [4.78, 5) is 22.9. The van der Waals surface area contributed by atoms with Crippen molar-refractivity contribution in [2.24, 2.45) is 0 Å². The van der Waals surface area contributed by atoms with E-state index in [9.17, 15) is 22.8 Å². The highest BCUT2D eigenvalue weighted by Gasteiger charge is 2.45. The van der Waals surface area contributed by atoms with Crippen LogP contribution < -0.4 is 10.6 Å². The highest BCUT2D eigenvalue weighted by atomic mass is 79.9. The van der Waals surface area contributed by atoms with Gasteiger partial charge in [0.1, 0.15) is 0 Å². The normalized spacial score (nSPS) is 21.9. The first kappa shape index (κ1) is 14.8. The molecule has 2 amide bonds. The van der Waals surface area contributed by atoms with Crippen LogP contribution in [-0.2, 0) is 10.3 Å². The number of hydrogen-bond donors (Lipinski definition) is 2. The summed E-state index contributed by atoms with van der Waals surface area (Å²) in [5.74, 6) is -2.42. The predicted molar refractivity (Wildman–Crippen MR) is 68.0 cm³/mol. The summed E-state index contributed by atoms with van der Waals surface area (Å²) in [6.45, 7) is 1.32. The van der Waals surface area contributed by atoms with Crippen molar-refractivity contribution in [3.63, 3.8) is 0 Å². The Morgan fingerprint density at radius 1 is 1.45 bits per heavy atom. The molecule has 0 fully saturated rings. The van der Waals surface area contributed by atoms with Crippen molar-refractivity contribution in [3.8, 4) is 0 Å². The molecule has 1 atom stereocenters. The van der Waals surface area contributed by atoms with Crippen LogP contribution in [0.2, 0.25) is 0 Å². The molecule has 1 heterocycles. The van der Waals surface area contributed by atoms with Crippen molar-refractivity contribution in [2.75, 3.05) is 6.54 Å². The number of nitrogens with one attached hydrogen (secondary N) is 2. The van der Waals surface area contributed by atoms with Crippen molar-refractivity contribution in [1.82, 2.24) is 10.6 Å². The second-order valence-corrected chi connectivity index (χ2v) is 5.57. The smallest absolute Gasteiger partial charge is 0.349 e. The Bertz CT molecular complexity index is 589. The maximum Gasteiger partial charge on any atom is 0.471 e. The van der Waals surface area contributed by atoms with Crippen LogP contribution in [0.3, 0.4) is 0 Å². The van der Waals surface area contributed by atoms with Crippen molar-refractivity contribution in [3.05, 3.63) is 33.8 Å². The topological polar surface area (TPSA) is 58.2 Å². The van der Waals surface area contributed by atoms with Gasteiger partial charge in [-0.2, -0.15) is 13.2 Å². The number of alkyl halides is 3. The molecule has 20 heavy (non-hydrogen) atoms. The zero-order valence-electron chi connectivity index (χ0n) is 10.3. The number of benzene rings is 1. The zero-order valence-corrected chi connectivity index (χ0v) is 11.9. The molecule has 1 aromatic rings. The van der Waals surface area contributed by atoms with E-state index in [0.29, 0.717) is 10.0 Å². The minimum atomic E-state index is -4.98. The molecule has 0 radical (unpaired) electrons. The molecule has 1 aliphatic heterocycles. The van der Waals surface area contributed by atoms with Crippen molar-refractivity contribution >= 4 is 27.7 Å². The Balaban J connectivity index is 2.44. The average molecular weight is 351 g/mol. The highest BCUT2D eigenvalue weighted by molar-refractivity contribution is 9.10. The number of carbonyl (C=O) groups excluding carboxylic acids is 2. The molecule has 0 saturated carbocycles. The van der Waals surface area contributed by atoms with E-state index in [1.165, 1.54) is 19.1 Å². The molecule has 4 nitrogen and oxygen atoms in total. The Morgan fingerprint density at radius 3 is 2.70 bits per heavy atom. The third-order valence-electron chi connectivity index (χ3n) is 3.07. The van der Waals surface area contributed by atoms with Crippen LogP contribution in [0.25, 0.3) is 0 Å². The third kappa shape index (κ3) is 2.65. The first-order chi connectivity index (χ1) is 9.13. The van der Waals surface area contributed by atoms with E-state index in [-0.39, 0.29) is 18.0 Å². The van der Waals surface area contributed by atoms with Crippen LogP contribution >= 0.6 is 15.9 Å². The average Bonchev–Trinajstić information content (AvgIpc) is 2.33. The molecular formula is C12H10BrF3N2O2. The number of halogens is 4. The molecule has 0 aromatic heterocycles. The summed E-state index contributed by atoms with van der Waals surface area (Å²) in [5, 5.41) is 4.41. The molecule has 108 valence electrons. The molecule has 2 N–H and O–H groups in total. The van der Waals surface area contributed by atoms with E-state index < -0.39 is 17.6 Å². The maximum absolute atomic E-state index is 12.4. The minimum absolute atomic E-state index is 0.114. The van der Waals surface area contributed by atoms with Gasteiger partial charge in [0, 0.05) is 16.6 Å². The van der Waals surface area contributed by atoms with Crippen LogP contribution in [0, 0.1) is 0 Å². The lowest BCUT2D eigenvalue weighted by atomic mass is 9.84. The highest BCUT2D eigenvalue weighted by Crippen LogP contribution is 2.31. The van der Waals surface area contributed by atoms with Crippen molar-refractivity contribution in [2.45, 2.75) is 18.6 Å². The van der Waals surface area contributed by atoms with Crippen molar-refractivity contribution in [1.29, 1.82) is 0 Å². The van der Waals surface area contributed by atoms with Gasteiger partial charge >= 0.3 is 12.1 Å². The Kier molecular flexibility index (Phi) is 3.53. The van der Waals surface area contributed by atoms with Crippen LogP contribution in [-0.4, -0.2) is 24.5 Å². The summed E-state index contributed by atoms with van der Waals surface area (Å²) in [7, 11) is 0. The first-order valence-corrected chi connectivity index (χ1v) is 6.40. The Morgan fingerprint density at radius 2 is 2.10 bits per heavy atom. The van der Waals surface area contributed by atoms with Crippen molar-refractivity contribution < 1.29 is 22.8 Å². The van der Waals surface area contributed by atoms with E-state index in [1.54, 1.807) is 6.07 Å². The van der Waals surface area contributed by atoms with Gasteiger partial charge in [-0.25, -0.2) is 0 Å². The van der Waals surface area contributed by atoms with Gasteiger partial charge in [0.2, 0.25) is 0 Å². The molecule has 0 saturated heterocycles. The summed E-state index contributed by atoms with van der Waals surface area (Å²) in [5.41, 5.74) is -0.739. The molecule has 1 aliphatic rings. The number of hydrogen-bond acceptors (Lipinski definition) is 2.